The van der Waals surface area contributed by atoms with Gasteiger partial charge in [0.2, 0.25) is 5.91 Å². The van der Waals surface area contributed by atoms with E-state index in [1.165, 1.54) is 0 Å². The first kappa shape index (κ1) is 17.5. The number of hydrogen-bond acceptors (Lipinski definition) is 5. The van der Waals surface area contributed by atoms with E-state index in [1.807, 2.05) is 61.7 Å². The molecule has 1 aliphatic rings. The summed E-state index contributed by atoms with van der Waals surface area (Å²) in [4.78, 5) is 21.3. The predicted molar refractivity (Wildman–Crippen MR) is 106 cm³/mol. The van der Waals surface area contributed by atoms with E-state index < -0.39 is 0 Å². The molecule has 0 aliphatic carbocycles. The van der Waals surface area contributed by atoms with Gasteiger partial charge in [0.15, 0.2) is 0 Å². The third-order valence-corrected chi connectivity index (χ3v) is 4.96. The number of carbonyl (C=O) groups excluding carboxylic acids is 1. The van der Waals surface area contributed by atoms with Crippen LogP contribution in [0.1, 0.15) is 18.7 Å². The van der Waals surface area contributed by atoms with Crippen LogP contribution in [0.4, 0.5) is 5.82 Å². The highest BCUT2D eigenvalue weighted by Gasteiger charge is 2.21. The first-order chi connectivity index (χ1) is 13.2. The number of fused-ring (bicyclic) bond motifs is 1. The number of furan rings is 1. The highest BCUT2D eigenvalue weighted by molar-refractivity contribution is 5.80. The van der Waals surface area contributed by atoms with E-state index in [1.54, 1.807) is 0 Å². The number of amides is 1. The van der Waals surface area contributed by atoms with Gasteiger partial charge in [-0.2, -0.15) is 0 Å². The fraction of sp³-hybridized carbons (Fsp3) is 0.333. The molecule has 6 nitrogen and oxygen atoms in total. The third-order valence-electron chi connectivity index (χ3n) is 4.96. The number of piperazine rings is 1. The van der Waals surface area contributed by atoms with E-state index in [2.05, 4.69) is 20.1 Å². The van der Waals surface area contributed by atoms with Crippen molar-refractivity contribution in [3.63, 3.8) is 0 Å². The summed E-state index contributed by atoms with van der Waals surface area (Å²) in [5.74, 6) is 1.80. The second kappa shape index (κ2) is 7.80. The summed E-state index contributed by atoms with van der Waals surface area (Å²) in [5.41, 5.74) is 0.847. The number of anilines is 1. The van der Waals surface area contributed by atoms with Crippen LogP contribution in [-0.4, -0.2) is 48.5 Å². The molecule has 2 aromatic heterocycles. The Bertz CT molecular complexity index is 868. The molecule has 140 valence electrons. The molecular formula is C21H24N4O2. The first-order valence-electron chi connectivity index (χ1n) is 9.35. The molecule has 0 radical (unpaired) electrons. The highest BCUT2D eigenvalue weighted by Crippen LogP contribution is 2.23. The Balaban J connectivity index is 1.28. The Morgan fingerprint density at radius 3 is 2.67 bits per heavy atom. The maximum atomic E-state index is 12.4. The number of para-hydroxylation sites is 1. The Kier molecular flexibility index (Phi) is 5.07. The van der Waals surface area contributed by atoms with Gasteiger partial charge in [-0.05, 0) is 31.2 Å². The summed E-state index contributed by atoms with van der Waals surface area (Å²) in [6.07, 6.45) is 1.81. The minimum Gasteiger partial charge on any atom is -0.459 e. The van der Waals surface area contributed by atoms with Gasteiger partial charge in [-0.1, -0.05) is 24.3 Å². The molecule has 1 fully saturated rings. The molecule has 1 aliphatic heterocycles. The maximum absolute atomic E-state index is 12.4. The van der Waals surface area contributed by atoms with Crippen molar-refractivity contribution in [2.45, 2.75) is 13.0 Å². The number of nitrogens with zero attached hydrogens (tertiary/aromatic N) is 3. The zero-order valence-electron chi connectivity index (χ0n) is 15.5. The standard InChI is InChI=1S/C21H24N4O2/c1-16(19-14-17-6-2-3-7-18(17)27-19)23-21(26)15-24-10-12-25(13-11-24)20-8-4-5-9-22-20/h2-9,14,16H,10-13,15H2,1H3,(H,23,26)/t16-/m1/s1. The number of hydrogen-bond donors (Lipinski definition) is 1. The molecule has 0 spiro atoms. The molecular weight excluding hydrogens is 340 g/mol. The second-order valence-electron chi connectivity index (χ2n) is 6.93. The molecule has 0 unspecified atom stereocenters. The van der Waals surface area contributed by atoms with Gasteiger partial charge < -0.3 is 14.6 Å². The molecule has 27 heavy (non-hydrogen) atoms. The van der Waals surface area contributed by atoms with Crippen LogP contribution in [0.2, 0.25) is 0 Å². The lowest BCUT2D eigenvalue weighted by molar-refractivity contribution is -0.123. The summed E-state index contributed by atoms with van der Waals surface area (Å²) < 4.78 is 5.84. The summed E-state index contributed by atoms with van der Waals surface area (Å²) in [7, 11) is 0. The van der Waals surface area contributed by atoms with E-state index >= 15 is 0 Å². The summed E-state index contributed by atoms with van der Waals surface area (Å²) in [6, 6.07) is 15.7. The largest absolute Gasteiger partial charge is 0.459 e. The van der Waals surface area contributed by atoms with Crippen LogP contribution < -0.4 is 10.2 Å². The SMILES string of the molecule is C[C@@H](NC(=O)CN1CCN(c2ccccn2)CC1)c1cc2ccccc2o1. The quantitative estimate of drug-likeness (QED) is 0.754. The molecule has 3 aromatic rings. The number of rotatable bonds is 5. The van der Waals surface area contributed by atoms with Crippen molar-refractivity contribution in [3.05, 3.63) is 60.5 Å². The molecule has 1 amide bonds. The lowest BCUT2D eigenvalue weighted by Gasteiger charge is -2.35. The van der Waals surface area contributed by atoms with Crippen molar-refractivity contribution in [1.82, 2.24) is 15.2 Å². The molecule has 6 heteroatoms. The average molecular weight is 364 g/mol. The zero-order valence-corrected chi connectivity index (χ0v) is 15.5. The summed E-state index contributed by atoms with van der Waals surface area (Å²) in [6.45, 7) is 5.81. The summed E-state index contributed by atoms with van der Waals surface area (Å²) >= 11 is 0. The van der Waals surface area contributed by atoms with Crippen LogP contribution in [0.3, 0.4) is 0 Å². The van der Waals surface area contributed by atoms with Crippen molar-refractivity contribution in [3.8, 4) is 0 Å². The number of carbonyl (C=O) groups is 1. The molecule has 3 heterocycles. The van der Waals surface area contributed by atoms with E-state index in [0.717, 1.165) is 48.7 Å². The lowest BCUT2D eigenvalue weighted by atomic mass is 10.2. The molecule has 1 aromatic carbocycles. The predicted octanol–water partition coefficient (Wildman–Crippen LogP) is 2.83. The van der Waals surface area contributed by atoms with E-state index in [0.29, 0.717) is 6.54 Å². The second-order valence-corrected chi connectivity index (χ2v) is 6.93. The minimum atomic E-state index is -0.153. The zero-order chi connectivity index (χ0) is 18.6. The fourth-order valence-corrected chi connectivity index (χ4v) is 3.45. The molecule has 1 N–H and O–H groups in total. The number of nitrogens with one attached hydrogen (secondary N) is 1. The Hall–Kier alpha value is -2.86. The Morgan fingerprint density at radius 1 is 1.15 bits per heavy atom. The number of pyridine rings is 1. The van der Waals surface area contributed by atoms with Crippen molar-refractivity contribution in [2.75, 3.05) is 37.6 Å². The normalized spacial score (nSPS) is 16.4. The van der Waals surface area contributed by atoms with Crippen LogP contribution in [-0.2, 0) is 4.79 Å². The Morgan fingerprint density at radius 2 is 1.93 bits per heavy atom. The van der Waals surface area contributed by atoms with Crippen molar-refractivity contribution < 1.29 is 9.21 Å². The van der Waals surface area contributed by atoms with Crippen LogP contribution in [0, 0.1) is 0 Å². The van der Waals surface area contributed by atoms with Crippen LogP contribution >= 0.6 is 0 Å². The van der Waals surface area contributed by atoms with Crippen LogP contribution in [0.25, 0.3) is 11.0 Å². The van der Waals surface area contributed by atoms with Gasteiger partial charge in [0.25, 0.3) is 0 Å². The van der Waals surface area contributed by atoms with Gasteiger partial charge >= 0.3 is 0 Å². The first-order valence-corrected chi connectivity index (χ1v) is 9.35. The fourth-order valence-electron chi connectivity index (χ4n) is 3.45. The monoisotopic (exact) mass is 364 g/mol. The van der Waals surface area contributed by atoms with Gasteiger partial charge in [0, 0.05) is 37.8 Å². The minimum absolute atomic E-state index is 0.0224. The average Bonchev–Trinajstić information content (AvgIpc) is 3.14. The van der Waals surface area contributed by atoms with E-state index in [9.17, 15) is 4.79 Å². The van der Waals surface area contributed by atoms with Crippen molar-refractivity contribution in [1.29, 1.82) is 0 Å². The van der Waals surface area contributed by atoms with Gasteiger partial charge in [-0.15, -0.1) is 0 Å². The molecule has 4 rings (SSSR count). The smallest absolute Gasteiger partial charge is 0.234 e. The van der Waals surface area contributed by atoms with Gasteiger partial charge in [0.05, 0.1) is 12.6 Å². The lowest BCUT2D eigenvalue weighted by Crippen LogP contribution is -2.49. The number of benzene rings is 1. The third kappa shape index (κ3) is 4.11. The number of aromatic nitrogens is 1. The van der Waals surface area contributed by atoms with Crippen molar-refractivity contribution in [2.24, 2.45) is 0 Å². The van der Waals surface area contributed by atoms with E-state index in [-0.39, 0.29) is 11.9 Å². The highest BCUT2D eigenvalue weighted by atomic mass is 16.3. The van der Waals surface area contributed by atoms with Crippen LogP contribution in [0.15, 0.2) is 59.1 Å². The molecule has 0 bridgehead atoms. The topological polar surface area (TPSA) is 61.6 Å². The van der Waals surface area contributed by atoms with Gasteiger partial charge in [0.1, 0.15) is 17.2 Å². The molecule has 1 saturated heterocycles. The maximum Gasteiger partial charge on any atom is 0.234 e. The van der Waals surface area contributed by atoms with Crippen LogP contribution in [0.5, 0.6) is 0 Å². The van der Waals surface area contributed by atoms with Crippen molar-refractivity contribution >= 4 is 22.7 Å². The Labute approximate surface area is 158 Å². The van der Waals surface area contributed by atoms with Gasteiger partial charge in [-0.3, -0.25) is 9.69 Å². The van der Waals surface area contributed by atoms with E-state index in [4.69, 9.17) is 4.42 Å². The molecule has 1 atom stereocenters. The van der Waals surface area contributed by atoms with Gasteiger partial charge in [-0.25, -0.2) is 4.98 Å². The molecule has 0 saturated carbocycles. The summed E-state index contributed by atoms with van der Waals surface area (Å²) in [5, 5.41) is 4.10.